The molecule has 162 valence electrons. The number of fused-ring (bicyclic) bond motifs is 1. The molecule has 1 aliphatic carbocycles. The number of carboxylic acid groups (broad SMARTS) is 1. The highest BCUT2D eigenvalue weighted by Crippen LogP contribution is 2.22. The van der Waals surface area contributed by atoms with Gasteiger partial charge in [0, 0.05) is 31.1 Å². The first-order valence-corrected chi connectivity index (χ1v) is 10.5. The van der Waals surface area contributed by atoms with E-state index in [1.807, 2.05) is 29.2 Å². The van der Waals surface area contributed by atoms with Crippen LogP contribution in [-0.4, -0.2) is 45.9 Å². The number of hydrogen-bond donors (Lipinski definition) is 3. The van der Waals surface area contributed by atoms with Gasteiger partial charge in [-0.1, -0.05) is 30.1 Å². The molecule has 4 rings (SSSR count). The molecule has 0 amide bonds. The van der Waals surface area contributed by atoms with E-state index in [0.29, 0.717) is 48.5 Å². The summed E-state index contributed by atoms with van der Waals surface area (Å²) in [7, 11) is 1.63. The van der Waals surface area contributed by atoms with Crippen LogP contribution in [0, 0.1) is 0 Å². The van der Waals surface area contributed by atoms with E-state index in [1.165, 1.54) is 25.7 Å². The van der Waals surface area contributed by atoms with E-state index in [2.05, 4.69) is 10.5 Å². The number of ether oxygens (including phenoxy) is 1. The minimum atomic E-state index is -1.08. The lowest BCUT2D eigenvalue weighted by Gasteiger charge is -2.28. The maximum Gasteiger partial charge on any atom is 0.358 e. The van der Waals surface area contributed by atoms with Gasteiger partial charge < -0.3 is 30.3 Å². The lowest BCUT2D eigenvalue weighted by molar-refractivity contribution is 0.0684. The van der Waals surface area contributed by atoms with E-state index in [4.69, 9.17) is 32.3 Å². The highest BCUT2D eigenvalue weighted by molar-refractivity contribution is 7.80. The van der Waals surface area contributed by atoms with Crippen molar-refractivity contribution in [1.82, 2.24) is 15.4 Å². The van der Waals surface area contributed by atoms with E-state index < -0.39 is 5.97 Å². The van der Waals surface area contributed by atoms with Gasteiger partial charge in [-0.15, -0.1) is 0 Å². The molecule has 9 heteroatoms. The second-order valence-corrected chi connectivity index (χ2v) is 7.85. The summed E-state index contributed by atoms with van der Waals surface area (Å²) >= 11 is 5.43. The predicted molar refractivity (Wildman–Crippen MR) is 116 cm³/mol. The number of carbonyl (C=O) groups is 1. The number of nitrogens with one attached hydrogen (secondary N) is 1. The van der Waals surface area contributed by atoms with E-state index in [0.717, 1.165) is 11.3 Å². The lowest BCUT2D eigenvalue weighted by Crippen LogP contribution is -2.42. The predicted octanol–water partition coefficient (Wildman–Crippen LogP) is 2.70. The Bertz CT molecular complexity index is 862. The van der Waals surface area contributed by atoms with Crippen molar-refractivity contribution in [3.8, 4) is 5.75 Å². The van der Waals surface area contributed by atoms with Crippen LogP contribution in [0.4, 0.5) is 0 Å². The van der Waals surface area contributed by atoms with E-state index >= 15 is 0 Å². The number of hydrogen-bond acceptors (Lipinski definition) is 6. The molecule has 1 aromatic carbocycles. The standard InChI is InChI=1S/C16H17N3O4S.C5H11N/c1-22-11-4-2-10(3-5-11)8-17-16(24)19-7-6-13-12(9-19)14(15(20)21)18-23-13;6-5-3-1-2-4-5/h2-5H,6-9H2,1H3,(H,17,24)(H,20,21);5H,1-4,6H2. The van der Waals surface area contributed by atoms with Crippen molar-refractivity contribution in [2.24, 2.45) is 5.73 Å². The summed E-state index contributed by atoms with van der Waals surface area (Å²) in [5, 5.41) is 16.5. The molecule has 1 fully saturated rings. The molecule has 1 aliphatic heterocycles. The van der Waals surface area contributed by atoms with Crippen LogP contribution in [0.5, 0.6) is 5.75 Å². The van der Waals surface area contributed by atoms with Gasteiger partial charge >= 0.3 is 5.97 Å². The van der Waals surface area contributed by atoms with Crippen LogP contribution < -0.4 is 15.8 Å². The summed E-state index contributed by atoms with van der Waals surface area (Å²) in [4.78, 5) is 13.1. The molecule has 0 bridgehead atoms. The average molecular weight is 433 g/mol. The molecule has 0 unspecified atom stereocenters. The topological polar surface area (TPSA) is 114 Å². The number of carboxylic acids is 1. The van der Waals surface area contributed by atoms with E-state index in [-0.39, 0.29) is 5.69 Å². The highest BCUT2D eigenvalue weighted by Gasteiger charge is 2.28. The average Bonchev–Trinajstić information content (AvgIpc) is 3.41. The molecule has 2 heterocycles. The summed E-state index contributed by atoms with van der Waals surface area (Å²) in [6.07, 6.45) is 5.84. The smallest absolute Gasteiger partial charge is 0.358 e. The Morgan fingerprint density at radius 2 is 2.07 bits per heavy atom. The van der Waals surface area contributed by atoms with Crippen LogP contribution in [-0.2, 0) is 19.5 Å². The Morgan fingerprint density at radius 3 is 2.63 bits per heavy atom. The van der Waals surface area contributed by atoms with Gasteiger partial charge in [-0.3, -0.25) is 0 Å². The minimum Gasteiger partial charge on any atom is -0.497 e. The Balaban J connectivity index is 0.000000367. The van der Waals surface area contributed by atoms with Crippen LogP contribution >= 0.6 is 12.2 Å². The number of aromatic carboxylic acids is 1. The Kier molecular flexibility index (Phi) is 7.64. The van der Waals surface area contributed by atoms with Crippen molar-refractivity contribution in [1.29, 1.82) is 0 Å². The molecule has 2 aliphatic rings. The molecule has 8 nitrogen and oxygen atoms in total. The number of methoxy groups -OCH3 is 1. The fourth-order valence-corrected chi connectivity index (χ4v) is 3.77. The number of nitrogens with two attached hydrogens (primary N) is 1. The van der Waals surface area contributed by atoms with E-state index in [9.17, 15) is 4.79 Å². The Hall–Kier alpha value is -2.65. The van der Waals surface area contributed by atoms with Crippen molar-refractivity contribution < 1.29 is 19.2 Å². The summed E-state index contributed by atoms with van der Waals surface area (Å²) in [5.41, 5.74) is 7.18. The third-order valence-corrected chi connectivity index (χ3v) is 5.72. The van der Waals surface area contributed by atoms with Crippen LogP contribution in [0.25, 0.3) is 0 Å². The molecule has 0 radical (unpaired) electrons. The second kappa shape index (κ2) is 10.4. The second-order valence-electron chi connectivity index (χ2n) is 7.46. The van der Waals surface area contributed by atoms with Crippen molar-refractivity contribution >= 4 is 23.3 Å². The van der Waals surface area contributed by atoms with Gasteiger partial charge in [0.1, 0.15) is 11.5 Å². The molecule has 4 N–H and O–H groups in total. The van der Waals surface area contributed by atoms with Gasteiger partial charge in [-0.25, -0.2) is 4.79 Å². The highest BCUT2D eigenvalue weighted by atomic mass is 32.1. The van der Waals surface area contributed by atoms with Gasteiger partial charge in [-0.2, -0.15) is 0 Å². The quantitative estimate of drug-likeness (QED) is 0.627. The van der Waals surface area contributed by atoms with Crippen molar-refractivity contribution in [3.05, 3.63) is 46.8 Å². The van der Waals surface area contributed by atoms with Crippen LogP contribution in [0.1, 0.15) is 53.1 Å². The largest absolute Gasteiger partial charge is 0.497 e. The first-order valence-electron chi connectivity index (χ1n) is 10.1. The monoisotopic (exact) mass is 432 g/mol. The number of benzene rings is 1. The zero-order chi connectivity index (χ0) is 21.5. The van der Waals surface area contributed by atoms with Gasteiger partial charge in [-0.05, 0) is 42.8 Å². The first kappa shape index (κ1) is 22.0. The molecule has 30 heavy (non-hydrogen) atoms. The van der Waals surface area contributed by atoms with Crippen LogP contribution in [0.3, 0.4) is 0 Å². The first-order chi connectivity index (χ1) is 14.5. The molecule has 0 spiro atoms. The molecule has 2 aromatic rings. The van der Waals surface area contributed by atoms with Gasteiger partial charge in [0.05, 0.1) is 13.7 Å². The van der Waals surface area contributed by atoms with Gasteiger partial charge in [0.15, 0.2) is 10.8 Å². The Morgan fingerprint density at radius 1 is 1.37 bits per heavy atom. The third-order valence-electron chi connectivity index (χ3n) is 5.32. The third kappa shape index (κ3) is 5.70. The summed E-state index contributed by atoms with van der Waals surface area (Å²) < 4.78 is 10.2. The lowest BCUT2D eigenvalue weighted by atomic mass is 10.1. The molecule has 1 aromatic heterocycles. The van der Waals surface area contributed by atoms with Crippen molar-refractivity contribution in [2.75, 3.05) is 13.7 Å². The van der Waals surface area contributed by atoms with E-state index in [1.54, 1.807) is 7.11 Å². The molecular weight excluding hydrogens is 404 g/mol. The number of aromatic nitrogens is 1. The maximum absolute atomic E-state index is 11.2. The maximum atomic E-state index is 11.2. The van der Waals surface area contributed by atoms with Crippen LogP contribution in [0.2, 0.25) is 0 Å². The zero-order valence-electron chi connectivity index (χ0n) is 17.1. The van der Waals surface area contributed by atoms with Gasteiger partial charge in [0.2, 0.25) is 0 Å². The summed E-state index contributed by atoms with van der Waals surface area (Å²) in [5.74, 6) is 0.346. The Labute approximate surface area is 181 Å². The summed E-state index contributed by atoms with van der Waals surface area (Å²) in [6, 6.07) is 8.26. The van der Waals surface area contributed by atoms with Crippen molar-refractivity contribution in [2.45, 2.75) is 51.2 Å². The zero-order valence-corrected chi connectivity index (χ0v) is 17.9. The number of thiocarbonyl (C=S) groups is 1. The molecule has 0 saturated heterocycles. The number of rotatable bonds is 4. The SMILES string of the molecule is COc1ccc(CNC(=S)N2CCc3onc(C(=O)O)c3C2)cc1.NC1CCCC1. The van der Waals surface area contributed by atoms with Crippen LogP contribution in [0.15, 0.2) is 28.8 Å². The fourth-order valence-electron chi connectivity index (χ4n) is 3.54. The molecular formula is C21H28N4O4S. The number of nitrogens with zero attached hydrogens (tertiary/aromatic N) is 2. The fraction of sp³-hybridized carbons (Fsp3) is 0.476. The molecule has 0 atom stereocenters. The van der Waals surface area contributed by atoms with Gasteiger partial charge in [0.25, 0.3) is 0 Å². The normalized spacial score (nSPS) is 15.7. The summed E-state index contributed by atoms with van der Waals surface area (Å²) in [6.45, 7) is 1.63. The minimum absolute atomic E-state index is 0.0346. The molecule has 1 saturated carbocycles. The van der Waals surface area contributed by atoms with Crippen molar-refractivity contribution in [3.63, 3.8) is 0 Å².